The molecule has 0 unspecified atom stereocenters. The Bertz CT molecular complexity index is 506. The molecule has 104 valence electrons. The molecule has 0 aliphatic heterocycles. The largest absolute Gasteiger partial charge is 0.326 e. The fraction of sp³-hybridized carbons (Fsp3) is 0.636. The van der Waals surface area contributed by atoms with Gasteiger partial charge in [0, 0.05) is 27.6 Å². The number of thioether (sulfide) groups is 1. The number of rotatable bonds is 6. The second-order valence-electron chi connectivity index (χ2n) is 4.63. The van der Waals surface area contributed by atoms with Gasteiger partial charge < -0.3 is 5.73 Å². The molecule has 18 heavy (non-hydrogen) atoms. The standard InChI is InChI=1S/C11H20N2O2S3/c1-8-10(5-9(6-12)17-8)18(14,15)13-7-11(2,3)16-4/h5,13H,6-7,12H2,1-4H3. The summed E-state index contributed by atoms with van der Waals surface area (Å²) in [5, 5.41) is 0. The zero-order valence-corrected chi connectivity index (χ0v) is 13.6. The Morgan fingerprint density at radius 3 is 2.56 bits per heavy atom. The maximum atomic E-state index is 12.2. The van der Waals surface area contributed by atoms with Crippen LogP contribution in [0.3, 0.4) is 0 Å². The van der Waals surface area contributed by atoms with Crippen LogP contribution in [-0.4, -0.2) is 26.0 Å². The summed E-state index contributed by atoms with van der Waals surface area (Å²) in [5.41, 5.74) is 5.53. The minimum atomic E-state index is -3.43. The molecule has 1 heterocycles. The van der Waals surface area contributed by atoms with Crippen LogP contribution in [0, 0.1) is 6.92 Å². The number of hydrogen-bond acceptors (Lipinski definition) is 5. The van der Waals surface area contributed by atoms with Gasteiger partial charge in [0.1, 0.15) is 0 Å². The molecule has 0 aromatic carbocycles. The first-order chi connectivity index (χ1) is 8.22. The lowest BCUT2D eigenvalue weighted by Crippen LogP contribution is -2.36. The predicted octanol–water partition coefficient (Wildman–Crippen LogP) is 1.94. The molecule has 0 amide bonds. The molecule has 0 saturated heterocycles. The van der Waals surface area contributed by atoms with Crippen molar-refractivity contribution in [3.63, 3.8) is 0 Å². The van der Waals surface area contributed by atoms with Crippen LogP contribution in [0.15, 0.2) is 11.0 Å². The fourth-order valence-corrected chi connectivity index (χ4v) is 4.34. The van der Waals surface area contributed by atoms with Crippen LogP contribution < -0.4 is 10.5 Å². The smallest absolute Gasteiger partial charge is 0.241 e. The topological polar surface area (TPSA) is 72.2 Å². The van der Waals surface area contributed by atoms with E-state index in [4.69, 9.17) is 5.73 Å². The third-order valence-corrected chi connectivity index (χ3v) is 6.63. The lowest BCUT2D eigenvalue weighted by molar-refractivity contribution is 0.570. The van der Waals surface area contributed by atoms with Crippen LogP contribution in [0.25, 0.3) is 0 Å². The maximum Gasteiger partial charge on any atom is 0.241 e. The molecule has 0 saturated carbocycles. The van der Waals surface area contributed by atoms with Gasteiger partial charge in [-0.05, 0) is 33.1 Å². The van der Waals surface area contributed by atoms with Crippen molar-refractivity contribution < 1.29 is 8.42 Å². The van der Waals surface area contributed by atoms with Gasteiger partial charge >= 0.3 is 0 Å². The molecule has 0 spiro atoms. The van der Waals surface area contributed by atoms with Crippen molar-refractivity contribution in [2.75, 3.05) is 12.8 Å². The molecule has 7 heteroatoms. The van der Waals surface area contributed by atoms with E-state index in [1.54, 1.807) is 24.8 Å². The van der Waals surface area contributed by atoms with Gasteiger partial charge in [-0.2, -0.15) is 11.8 Å². The quantitative estimate of drug-likeness (QED) is 0.842. The average Bonchev–Trinajstić information content (AvgIpc) is 2.69. The van der Waals surface area contributed by atoms with Crippen LogP contribution in [0.2, 0.25) is 0 Å². The van der Waals surface area contributed by atoms with E-state index in [1.165, 1.54) is 11.3 Å². The number of sulfonamides is 1. The maximum absolute atomic E-state index is 12.2. The number of hydrogen-bond donors (Lipinski definition) is 2. The van der Waals surface area contributed by atoms with Crippen LogP contribution >= 0.6 is 23.1 Å². The lowest BCUT2D eigenvalue weighted by atomic mass is 10.2. The van der Waals surface area contributed by atoms with E-state index in [0.29, 0.717) is 18.0 Å². The molecule has 0 fully saturated rings. The monoisotopic (exact) mass is 308 g/mol. The molecule has 1 aromatic rings. The van der Waals surface area contributed by atoms with Gasteiger partial charge in [0.25, 0.3) is 0 Å². The second-order valence-corrected chi connectivity index (χ2v) is 9.22. The van der Waals surface area contributed by atoms with Gasteiger partial charge in [-0.3, -0.25) is 0 Å². The number of nitrogens with one attached hydrogen (secondary N) is 1. The summed E-state index contributed by atoms with van der Waals surface area (Å²) in [7, 11) is -3.43. The van der Waals surface area contributed by atoms with Gasteiger partial charge in [0.15, 0.2) is 0 Å². The van der Waals surface area contributed by atoms with Crippen molar-refractivity contribution in [1.82, 2.24) is 4.72 Å². The molecule has 3 N–H and O–H groups in total. The first-order valence-corrected chi connectivity index (χ1v) is 9.08. The van der Waals surface area contributed by atoms with Crippen LogP contribution in [0.1, 0.15) is 23.6 Å². The molecule has 0 aliphatic rings. The van der Waals surface area contributed by atoms with Crippen molar-refractivity contribution in [2.45, 2.75) is 37.0 Å². The molecule has 1 aromatic heterocycles. The normalized spacial score (nSPS) is 12.9. The molecule has 0 radical (unpaired) electrons. The highest BCUT2D eigenvalue weighted by molar-refractivity contribution is 8.00. The average molecular weight is 308 g/mol. The second kappa shape index (κ2) is 5.92. The van der Waals surface area contributed by atoms with Crippen molar-refractivity contribution in [2.24, 2.45) is 5.73 Å². The van der Waals surface area contributed by atoms with Crippen molar-refractivity contribution >= 4 is 33.1 Å². The molecule has 4 nitrogen and oxygen atoms in total. The van der Waals surface area contributed by atoms with Crippen LogP contribution in [0.5, 0.6) is 0 Å². The first kappa shape index (κ1) is 16.0. The third-order valence-electron chi connectivity index (χ3n) is 2.65. The molecule has 0 bridgehead atoms. The van der Waals surface area contributed by atoms with Gasteiger partial charge in [0.2, 0.25) is 10.0 Å². The molecular formula is C11H20N2O2S3. The Hall–Kier alpha value is -0.0800. The Kier molecular flexibility index (Phi) is 5.25. The Balaban J connectivity index is 2.90. The summed E-state index contributed by atoms with van der Waals surface area (Å²) in [5.74, 6) is 0. The van der Waals surface area contributed by atoms with Crippen LogP contribution in [0.4, 0.5) is 0 Å². The van der Waals surface area contributed by atoms with E-state index < -0.39 is 10.0 Å². The Morgan fingerprint density at radius 2 is 2.11 bits per heavy atom. The Labute approximate surface area is 117 Å². The minimum Gasteiger partial charge on any atom is -0.326 e. The van der Waals surface area contributed by atoms with E-state index in [9.17, 15) is 8.42 Å². The zero-order valence-electron chi connectivity index (χ0n) is 11.1. The summed E-state index contributed by atoms with van der Waals surface area (Å²) < 4.78 is 26.9. The zero-order chi connectivity index (χ0) is 14.0. The van der Waals surface area contributed by atoms with Crippen LogP contribution in [-0.2, 0) is 16.6 Å². The molecule has 0 aliphatic carbocycles. The van der Waals surface area contributed by atoms with Gasteiger partial charge in [-0.1, -0.05) is 0 Å². The lowest BCUT2D eigenvalue weighted by Gasteiger charge is -2.22. The number of nitrogens with two attached hydrogens (primary N) is 1. The van der Waals surface area contributed by atoms with Gasteiger partial charge in [-0.25, -0.2) is 13.1 Å². The van der Waals surface area contributed by atoms with Crippen molar-refractivity contribution in [1.29, 1.82) is 0 Å². The molecule has 1 rings (SSSR count). The SMILES string of the molecule is CSC(C)(C)CNS(=O)(=O)c1cc(CN)sc1C. The van der Waals surface area contributed by atoms with Crippen molar-refractivity contribution in [3.05, 3.63) is 15.8 Å². The summed E-state index contributed by atoms with van der Waals surface area (Å²) in [6, 6.07) is 1.66. The van der Waals surface area contributed by atoms with Gasteiger partial charge in [0.05, 0.1) is 4.90 Å². The number of aryl methyl sites for hydroxylation is 1. The predicted molar refractivity (Wildman–Crippen MR) is 79.7 cm³/mol. The minimum absolute atomic E-state index is 0.117. The summed E-state index contributed by atoms with van der Waals surface area (Å²) in [6.07, 6.45) is 1.97. The highest BCUT2D eigenvalue weighted by Crippen LogP contribution is 2.26. The van der Waals surface area contributed by atoms with E-state index in [0.717, 1.165) is 9.75 Å². The Morgan fingerprint density at radius 1 is 1.50 bits per heavy atom. The van der Waals surface area contributed by atoms with Crippen molar-refractivity contribution in [3.8, 4) is 0 Å². The first-order valence-electron chi connectivity index (χ1n) is 5.56. The summed E-state index contributed by atoms with van der Waals surface area (Å²) >= 11 is 3.06. The highest BCUT2D eigenvalue weighted by atomic mass is 32.2. The number of thiophene rings is 1. The van der Waals surface area contributed by atoms with E-state index in [2.05, 4.69) is 4.72 Å². The fourth-order valence-electron chi connectivity index (χ4n) is 1.31. The highest BCUT2D eigenvalue weighted by Gasteiger charge is 2.23. The summed E-state index contributed by atoms with van der Waals surface area (Å²) in [4.78, 5) is 2.02. The van der Waals surface area contributed by atoms with E-state index >= 15 is 0 Å². The van der Waals surface area contributed by atoms with Gasteiger partial charge in [-0.15, -0.1) is 11.3 Å². The summed E-state index contributed by atoms with van der Waals surface area (Å²) in [6.45, 7) is 6.59. The third kappa shape index (κ3) is 3.96. The van der Waals surface area contributed by atoms with E-state index in [-0.39, 0.29) is 4.75 Å². The molecule has 0 atom stereocenters. The molecular weight excluding hydrogens is 288 g/mol. The van der Waals surface area contributed by atoms with E-state index in [1.807, 2.05) is 20.1 Å².